The Labute approximate surface area is 140 Å². The van der Waals surface area contributed by atoms with Crippen LogP contribution in [0.1, 0.15) is 71.9 Å². The molecular weight excluding hydrogens is 289 g/mol. The van der Waals surface area contributed by atoms with Gasteiger partial charge in [-0.3, -0.25) is 4.79 Å². The van der Waals surface area contributed by atoms with Crippen molar-refractivity contribution >= 4 is 5.91 Å². The topological polar surface area (TPSA) is 29.1 Å². The molecule has 1 aromatic rings. The number of halogens is 1. The van der Waals surface area contributed by atoms with E-state index in [-0.39, 0.29) is 22.7 Å². The van der Waals surface area contributed by atoms with Gasteiger partial charge in [-0.25, -0.2) is 4.39 Å². The summed E-state index contributed by atoms with van der Waals surface area (Å²) in [7, 11) is 0. The molecule has 1 rings (SSSR count). The van der Waals surface area contributed by atoms with Crippen LogP contribution in [0, 0.1) is 11.2 Å². The van der Waals surface area contributed by atoms with Crippen LogP contribution in [0.5, 0.6) is 0 Å². The van der Waals surface area contributed by atoms with Crippen molar-refractivity contribution in [1.29, 1.82) is 0 Å². The van der Waals surface area contributed by atoms with Crippen LogP contribution in [0.15, 0.2) is 18.2 Å². The summed E-state index contributed by atoms with van der Waals surface area (Å²) >= 11 is 0. The van der Waals surface area contributed by atoms with Gasteiger partial charge in [-0.2, -0.15) is 0 Å². The van der Waals surface area contributed by atoms with Gasteiger partial charge in [-0.1, -0.05) is 39.3 Å². The second-order valence-corrected chi connectivity index (χ2v) is 8.31. The first kappa shape index (κ1) is 19.7. The van der Waals surface area contributed by atoms with E-state index in [1.54, 1.807) is 0 Å². The molecule has 0 atom stereocenters. The Hall–Kier alpha value is -1.38. The molecule has 130 valence electrons. The molecule has 0 spiro atoms. The fraction of sp³-hybridized carbons (Fsp3) is 0.650. The minimum Gasteiger partial charge on any atom is -0.351 e. The van der Waals surface area contributed by atoms with Crippen molar-refractivity contribution in [2.75, 3.05) is 0 Å². The number of amides is 1. The highest BCUT2D eigenvalue weighted by Crippen LogP contribution is 2.28. The Morgan fingerprint density at radius 3 is 2.39 bits per heavy atom. The number of carbonyl (C=O) groups is 1. The first-order valence-electron chi connectivity index (χ1n) is 8.61. The number of carbonyl (C=O) groups excluding carboxylic acids is 1. The van der Waals surface area contributed by atoms with Crippen molar-refractivity contribution in [1.82, 2.24) is 5.32 Å². The quantitative estimate of drug-likeness (QED) is 0.749. The lowest BCUT2D eigenvalue weighted by Crippen LogP contribution is -2.40. The van der Waals surface area contributed by atoms with Gasteiger partial charge in [-0.15, -0.1) is 0 Å². The highest BCUT2D eigenvalue weighted by molar-refractivity contribution is 5.76. The van der Waals surface area contributed by atoms with Gasteiger partial charge in [0.2, 0.25) is 5.91 Å². The first-order valence-corrected chi connectivity index (χ1v) is 8.61. The van der Waals surface area contributed by atoms with Gasteiger partial charge >= 0.3 is 0 Å². The molecule has 3 heteroatoms. The van der Waals surface area contributed by atoms with Crippen LogP contribution in [-0.4, -0.2) is 11.4 Å². The van der Waals surface area contributed by atoms with Crippen LogP contribution in [0.2, 0.25) is 0 Å². The predicted molar refractivity (Wildman–Crippen MR) is 95.0 cm³/mol. The van der Waals surface area contributed by atoms with Gasteiger partial charge < -0.3 is 5.32 Å². The van der Waals surface area contributed by atoms with E-state index in [0.717, 1.165) is 24.8 Å². The normalized spacial score (nSPS) is 12.3. The van der Waals surface area contributed by atoms with E-state index in [9.17, 15) is 9.18 Å². The van der Waals surface area contributed by atoms with E-state index >= 15 is 0 Å². The van der Waals surface area contributed by atoms with Crippen molar-refractivity contribution < 1.29 is 9.18 Å². The van der Waals surface area contributed by atoms with Gasteiger partial charge in [0, 0.05) is 12.0 Å². The summed E-state index contributed by atoms with van der Waals surface area (Å²) in [6, 6.07) is 5.33. The highest BCUT2D eigenvalue weighted by atomic mass is 19.1. The van der Waals surface area contributed by atoms with Crippen LogP contribution >= 0.6 is 0 Å². The summed E-state index contributed by atoms with van der Waals surface area (Å²) in [4.78, 5) is 11.9. The molecule has 2 nitrogen and oxygen atoms in total. The molecule has 0 fully saturated rings. The zero-order valence-corrected chi connectivity index (χ0v) is 15.6. The number of aryl methyl sites for hydroxylation is 1. The van der Waals surface area contributed by atoms with Gasteiger partial charge in [0.1, 0.15) is 5.82 Å². The molecule has 0 aromatic heterocycles. The summed E-state index contributed by atoms with van der Waals surface area (Å²) in [6.07, 6.45) is 3.98. The molecule has 0 saturated heterocycles. The van der Waals surface area contributed by atoms with Crippen LogP contribution in [0.25, 0.3) is 0 Å². The number of hydrogen-bond acceptors (Lipinski definition) is 1. The molecule has 23 heavy (non-hydrogen) atoms. The van der Waals surface area contributed by atoms with Crippen LogP contribution in [0.3, 0.4) is 0 Å². The van der Waals surface area contributed by atoms with Gasteiger partial charge in [0.25, 0.3) is 0 Å². The molecule has 0 saturated carbocycles. The van der Waals surface area contributed by atoms with Crippen molar-refractivity contribution in [2.24, 2.45) is 5.41 Å². The van der Waals surface area contributed by atoms with Crippen LogP contribution in [-0.2, 0) is 17.6 Å². The second-order valence-electron chi connectivity index (χ2n) is 8.31. The molecule has 0 radical (unpaired) electrons. The summed E-state index contributed by atoms with van der Waals surface area (Å²) in [5.74, 6) is -0.251. The molecule has 0 aliphatic heterocycles. The van der Waals surface area contributed by atoms with Crippen LogP contribution in [0.4, 0.5) is 4.39 Å². The van der Waals surface area contributed by atoms with E-state index in [2.05, 4.69) is 26.1 Å². The summed E-state index contributed by atoms with van der Waals surface area (Å²) < 4.78 is 14.0. The van der Waals surface area contributed by atoms with Crippen molar-refractivity contribution in [3.63, 3.8) is 0 Å². The molecule has 1 aromatic carbocycles. The molecule has 0 aliphatic carbocycles. The predicted octanol–water partition coefficient (Wildman–Crippen LogP) is 5.04. The lowest BCUT2D eigenvalue weighted by Gasteiger charge is -2.24. The number of hydrogen-bond donors (Lipinski definition) is 1. The van der Waals surface area contributed by atoms with Crippen molar-refractivity contribution in [3.05, 3.63) is 35.1 Å². The third kappa shape index (κ3) is 7.62. The fourth-order valence-corrected chi connectivity index (χ4v) is 2.98. The Balaban J connectivity index is 2.73. The minimum absolute atomic E-state index is 0.0337. The summed E-state index contributed by atoms with van der Waals surface area (Å²) in [5.41, 5.74) is 1.75. The average molecular weight is 321 g/mol. The molecule has 0 unspecified atom stereocenters. The number of benzene rings is 1. The molecule has 0 aliphatic rings. The average Bonchev–Trinajstić information content (AvgIpc) is 2.37. The van der Waals surface area contributed by atoms with Crippen LogP contribution < -0.4 is 5.32 Å². The third-order valence-electron chi connectivity index (χ3n) is 3.86. The van der Waals surface area contributed by atoms with E-state index in [4.69, 9.17) is 0 Å². The maximum Gasteiger partial charge on any atom is 0.220 e. The Bertz CT molecular complexity index is 529. The molecule has 0 bridgehead atoms. The molecular formula is C20H32FNO. The van der Waals surface area contributed by atoms with E-state index in [1.165, 1.54) is 6.07 Å². The lowest BCUT2D eigenvalue weighted by molar-refractivity contribution is -0.122. The first-order chi connectivity index (χ1) is 10.5. The van der Waals surface area contributed by atoms with Gasteiger partial charge in [0.15, 0.2) is 0 Å². The Morgan fingerprint density at radius 1 is 1.17 bits per heavy atom. The Kier molecular flexibility index (Phi) is 6.79. The molecule has 1 amide bonds. The van der Waals surface area contributed by atoms with Crippen molar-refractivity contribution in [2.45, 2.75) is 79.2 Å². The third-order valence-corrected chi connectivity index (χ3v) is 3.86. The smallest absolute Gasteiger partial charge is 0.220 e. The number of rotatable bonds is 7. The maximum absolute atomic E-state index is 14.0. The highest BCUT2D eigenvalue weighted by Gasteiger charge is 2.18. The molecule has 1 N–H and O–H groups in total. The SMILES string of the molecule is CCCC(C)(C)Cc1ccc(F)c(CCC(=O)NC(C)(C)C)c1. The van der Waals surface area contributed by atoms with E-state index < -0.39 is 0 Å². The van der Waals surface area contributed by atoms with Gasteiger partial charge in [0.05, 0.1) is 0 Å². The standard InChI is InChI=1S/C20H32FNO/c1-7-12-20(5,6)14-15-8-10-17(21)16(13-15)9-11-18(23)22-19(2,3)4/h8,10,13H,7,9,11-12,14H2,1-6H3,(H,22,23). The minimum atomic E-state index is -0.248. The monoisotopic (exact) mass is 321 g/mol. The fourth-order valence-electron chi connectivity index (χ4n) is 2.98. The zero-order chi connectivity index (χ0) is 17.7. The van der Waals surface area contributed by atoms with Crippen molar-refractivity contribution in [3.8, 4) is 0 Å². The summed E-state index contributed by atoms with van der Waals surface area (Å²) in [6.45, 7) is 12.5. The van der Waals surface area contributed by atoms with Gasteiger partial charge in [-0.05, 0) is 62.6 Å². The van der Waals surface area contributed by atoms with E-state index in [0.29, 0.717) is 18.4 Å². The molecule has 0 heterocycles. The second kappa shape index (κ2) is 7.94. The van der Waals surface area contributed by atoms with E-state index in [1.807, 2.05) is 32.9 Å². The largest absolute Gasteiger partial charge is 0.351 e. The maximum atomic E-state index is 14.0. The Morgan fingerprint density at radius 2 is 1.83 bits per heavy atom. The number of nitrogens with one attached hydrogen (secondary N) is 1. The zero-order valence-electron chi connectivity index (χ0n) is 15.6. The lowest BCUT2D eigenvalue weighted by atomic mass is 9.81. The summed E-state index contributed by atoms with van der Waals surface area (Å²) in [5, 5.41) is 2.92.